The molecule has 0 radical (unpaired) electrons. The normalized spacial score (nSPS) is 13.7. The van der Waals surface area contributed by atoms with Crippen LogP contribution in [0.1, 0.15) is 25.0 Å². The van der Waals surface area contributed by atoms with Crippen molar-refractivity contribution < 1.29 is 18.5 Å². The van der Waals surface area contributed by atoms with Crippen LogP contribution < -0.4 is 0 Å². The van der Waals surface area contributed by atoms with Gasteiger partial charge in [0.2, 0.25) is 0 Å². The maximum atomic E-state index is 12.3. The van der Waals surface area contributed by atoms with Gasteiger partial charge in [0.15, 0.2) is 0 Å². The van der Waals surface area contributed by atoms with E-state index in [1.807, 2.05) is 48.4 Å². The third-order valence-electron chi connectivity index (χ3n) is 3.76. The molecule has 2 aromatic carbocycles. The largest absolute Gasteiger partial charge is 0.330 e. The molecular weight excluding hydrogens is 349 g/mol. The van der Waals surface area contributed by atoms with Gasteiger partial charge in [0.1, 0.15) is 0 Å². The molecule has 2 aromatic rings. The lowest BCUT2D eigenvalue weighted by Crippen LogP contribution is -2.25. The number of hydroxylamine groups is 2. The van der Waals surface area contributed by atoms with Gasteiger partial charge in [-0.3, -0.25) is 9.40 Å². The van der Waals surface area contributed by atoms with Crippen LogP contribution >= 0.6 is 7.60 Å². The van der Waals surface area contributed by atoms with Gasteiger partial charge in [-0.2, -0.15) is 5.06 Å². The summed E-state index contributed by atoms with van der Waals surface area (Å²) in [6.07, 6.45) is 0.360. The van der Waals surface area contributed by atoms with Crippen molar-refractivity contribution in [1.29, 1.82) is 0 Å². The molecule has 0 aliphatic rings. The minimum absolute atomic E-state index is 0.227. The first-order valence-electron chi connectivity index (χ1n) is 8.99. The molecule has 0 heterocycles. The molecule has 0 aliphatic heterocycles. The maximum absolute atomic E-state index is 12.3. The van der Waals surface area contributed by atoms with E-state index < -0.39 is 7.60 Å². The molecule has 0 bridgehead atoms. The van der Waals surface area contributed by atoms with E-state index in [4.69, 9.17) is 13.9 Å². The second-order valence-electron chi connectivity index (χ2n) is 5.78. The van der Waals surface area contributed by atoms with Crippen LogP contribution in [0.2, 0.25) is 0 Å². The van der Waals surface area contributed by atoms with Crippen LogP contribution in [0.4, 0.5) is 0 Å². The number of hydrogen-bond acceptors (Lipinski definition) is 5. The lowest BCUT2D eigenvalue weighted by molar-refractivity contribution is -0.179. The van der Waals surface area contributed by atoms with Gasteiger partial charge < -0.3 is 9.05 Å². The van der Waals surface area contributed by atoms with Crippen LogP contribution in [0.3, 0.4) is 0 Å². The predicted molar refractivity (Wildman–Crippen MR) is 104 cm³/mol. The molecule has 1 unspecified atom stereocenters. The molecule has 0 amide bonds. The Kier molecular flexibility index (Phi) is 9.02. The third-order valence-corrected chi connectivity index (χ3v) is 5.76. The minimum atomic E-state index is -2.99. The van der Waals surface area contributed by atoms with Gasteiger partial charge >= 0.3 is 7.60 Å². The summed E-state index contributed by atoms with van der Waals surface area (Å²) in [5, 5.41) is 1.89. The lowest BCUT2D eigenvalue weighted by Gasteiger charge is -2.23. The summed E-state index contributed by atoms with van der Waals surface area (Å²) in [4.78, 5) is 5.90. The molecular formula is C20H28NO4P. The van der Waals surface area contributed by atoms with E-state index >= 15 is 0 Å². The first-order valence-corrected chi connectivity index (χ1v) is 10.7. The highest BCUT2D eigenvalue weighted by molar-refractivity contribution is 7.53. The van der Waals surface area contributed by atoms with Gasteiger partial charge in [0.25, 0.3) is 0 Å². The van der Waals surface area contributed by atoms with Crippen LogP contribution in [-0.4, -0.2) is 31.0 Å². The van der Waals surface area contributed by atoms with E-state index in [2.05, 4.69) is 24.3 Å². The molecule has 0 aliphatic carbocycles. The van der Waals surface area contributed by atoms with Crippen molar-refractivity contribution in [2.24, 2.45) is 0 Å². The van der Waals surface area contributed by atoms with Crippen LogP contribution in [0.5, 0.6) is 0 Å². The second-order valence-corrected chi connectivity index (χ2v) is 8.15. The number of benzene rings is 2. The summed E-state index contributed by atoms with van der Waals surface area (Å²) in [5.41, 5.74) is 2.33. The van der Waals surface area contributed by atoms with Gasteiger partial charge in [-0.25, -0.2) is 0 Å². The molecule has 142 valence electrons. The van der Waals surface area contributed by atoms with Gasteiger partial charge in [-0.05, 0) is 18.1 Å². The number of rotatable bonds is 12. The fraction of sp³-hybridized carbons (Fsp3) is 0.400. The van der Waals surface area contributed by atoms with E-state index in [9.17, 15) is 4.57 Å². The zero-order valence-electron chi connectivity index (χ0n) is 15.5. The highest BCUT2D eigenvalue weighted by Gasteiger charge is 2.21. The third kappa shape index (κ3) is 7.40. The Morgan fingerprint density at radius 3 is 1.81 bits per heavy atom. The molecule has 1 atom stereocenters. The van der Waals surface area contributed by atoms with Gasteiger partial charge in [-0.1, -0.05) is 67.6 Å². The molecule has 0 spiro atoms. The zero-order valence-corrected chi connectivity index (χ0v) is 16.4. The van der Waals surface area contributed by atoms with Crippen LogP contribution in [0, 0.1) is 0 Å². The van der Waals surface area contributed by atoms with Crippen molar-refractivity contribution in [3.8, 4) is 0 Å². The van der Waals surface area contributed by atoms with E-state index in [1.54, 1.807) is 6.92 Å². The molecule has 5 nitrogen and oxygen atoms in total. The molecule has 2 rings (SSSR count). The predicted octanol–water partition coefficient (Wildman–Crippen LogP) is 4.89. The minimum Gasteiger partial charge on any atom is -0.309 e. The van der Waals surface area contributed by atoms with Gasteiger partial charge in [-0.15, -0.1) is 0 Å². The molecule has 0 aromatic heterocycles. The van der Waals surface area contributed by atoms with Crippen molar-refractivity contribution in [2.45, 2.75) is 26.9 Å². The van der Waals surface area contributed by atoms with E-state index in [-0.39, 0.29) is 6.61 Å². The standard InChI is InChI=1S/C20H28NO4P/c1-3-24-26(22,4-2)25-16-15-23-21(17-19-11-7-5-8-12-19)18-20-13-9-6-10-14-20/h5-14H,3-4,15-18H2,1-2H3. The van der Waals surface area contributed by atoms with Gasteiger partial charge in [0.05, 0.1) is 19.8 Å². The molecule has 6 heteroatoms. The molecule has 0 N–H and O–H groups in total. The quantitative estimate of drug-likeness (QED) is 0.300. The average molecular weight is 377 g/mol. The summed E-state index contributed by atoms with van der Waals surface area (Å²) in [7, 11) is -2.99. The van der Waals surface area contributed by atoms with Crippen molar-refractivity contribution in [2.75, 3.05) is 26.0 Å². The summed E-state index contributed by atoms with van der Waals surface area (Å²) < 4.78 is 23.0. The Balaban J connectivity index is 1.90. The number of hydrogen-bond donors (Lipinski definition) is 0. The van der Waals surface area contributed by atoms with Crippen molar-refractivity contribution in [1.82, 2.24) is 5.06 Å². The molecule has 0 fully saturated rings. The van der Waals surface area contributed by atoms with E-state index in [0.29, 0.717) is 32.5 Å². The van der Waals surface area contributed by atoms with Crippen molar-refractivity contribution in [3.05, 3.63) is 71.8 Å². The molecule has 0 saturated heterocycles. The Morgan fingerprint density at radius 1 is 0.808 bits per heavy atom. The number of nitrogens with zero attached hydrogens (tertiary/aromatic N) is 1. The Bertz CT molecular complexity index is 625. The van der Waals surface area contributed by atoms with Crippen LogP contribution in [-0.2, 0) is 31.5 Å². The fourth-order valence-corrected chi connectivity index (χ4v) is 3.67. The van der Waals surface area contributed by atoms with E-state index in [1.165, 1.54) is 0 Å². The summed E-state index contributed by atoms with van der Waals surface area (Å²) in [5.74, 6) is 0. The molecule has 26 heavy (non-hydrogen) atoms. The Morgan fingerprint density at radius 2 is 1.35 bits per heavy atom. The average Bonchev–Trinajstić information content (AvgIpc) is 2.67. The Labute approximate surface area is 156 Å². The summed E-state index contributed by atoms with van der Waals surface area (Å²) in [6, 6.07) is 20.3. The zero-order chi connectivity index (χ0) is 18.7. The second kappa shape index (κ2) is 11.3. The lowest BCUT2D eigenvalue weighted by atomic mass is 10.2. The maximum Gasteiger partial charge on any atom is 0.330 e. The Hall–Kier alpha value is -1.49. The summed E-state index contributed by atoms with van der Waals surface area (Å²) in [6.45, 7) is 5.85. The van der Waals surface area contributed by atoms with Crippen molar-refractivity contribution >= 4 is 7.60 Å². The van der Waals surface area contributed by atoms with Crippen LogP contribution in [0.15, 0.2) is 60.7 Å². The topological polar surface area (TPSA) is 48.0 Å². The smallest absolute Gasteiger partial charge is 0.309 e. The van der Waals surface area contributed by atoms with Crippen molar-refractivity contribution in [3.63, 3.8) is 0 Å². The highest BCUT2D eigenvalue weighted by atomic mass is 31.2. The first-order chi connectivity index (χ1) is 12.6. The monoisotopic (exact) mass is 377 g/mol. The molecule has 0 saturated carbocycles. The SMILES string of the molecule is CCOP(=O)(CC)OCCON(Cc1ccccc1)Cc1ccccc1. The summed E-state index contributed by atoms with van der Waals surface area (Å²) >= 11 is 0. The highest BCUT2D eigenvalue weighted by Crippen LogP contribution is 2.47. The van der Waals surface area contributed by atoms with E-state index in [0.717, 1.165) is 11.1 Å². The van der Waals surface area contributed by atoms with Crippen LogP contribution in [0.25, 0.3) is 0 Å². The first kappa shape index (κ1) is 20.8. The fourth-order valence-electron chi connectivity index (χ4n) is 2.48. The van der Waals surface area contributed by atoms with Gasteiger partial charge in [0, 0.05) is 19.3 Å².